The number of halogens is 1. The standard InChI is InChI=1S/C12H16FNO3S/c1-18(16,17)9-4-3-8(11(15)10(9)13)12(7-14)5-2-6-12/h3-4,15H,2,5-7,14H2,1H3. The smallest absolute Gasteiger partial charge is 0.183 e. The molecule has 3 N–H and O–H groups in total. The number of phenolic OH excluding ortho intramolecular Hbond substituents is 1. The summed E-state index contributed by atoms with van der Waals surface area (Å²) in [7, 11) is -3.68. The largest absolute Gasteiger partial charge is 0.505 e. The highest BCUT2D eigenvalue weighted by Gasteiger charge is 2.40. The molecule has 1 aliphatic carbocycles. The third kappa shape index (κ3) is 1.89. The van der Waals surface area contributed by atoms with Crippen molar-refractivity contribution in [2.45, 2.75) is 29.6 Å². The SMILES string of the molecule is CS(=O)(=O)c1ccc(C2(CN)CCC2)c(O)c1F. The van der Waals surface area contributed by atoms with Gasteiger partial charge in [-0.3, -0.25) is 0 Å². The van der Waals surface area contributed by atoms with Gasteiger partial charge < -0.3 is 10.8 Å². The van der Waals surface area contributed by atoms with Crippen molar-refractivity contribution in [3.8, 4) is 5.75 Å². The van der Waals surface area contributed by atoms with Crippen LogP contribution in [0.1, 0.15) is 24.8 Å². The van der Waals surface area contributed by atoms with Gasteiger partial charge in [0.1, 0.15) is 4.90 Å². The summed E-state index contributed by atoms with van der Waals surface area (Å²) < 4.78 is 36.6. The third-order valence-corrected chi connectivity index (χ3v) is 4.87. The minimum Gasteiger partial charge on any atom is -0.505 e. The van der Waals surface area contributed by atoms with Crippen molar-refractivity contribution in [1.29, 1.82) is 0 Å². The van der Waals surface area contributed by atoms with Crippen molar-refractivity contribution >= 4 is 9.84 Å². The van der Waals surface area contributed by atoms with Crippen LogP contribution < -0.4 is 5.73 Å². The van der Waals surface area contributed by atoms with Crippen molar-refractivity contribution < 1.29 is 17.9 Å². The molecule has 6 heteroatoms. The molecule has 18 heavy (non-hydrogen) atoms. The van der Waals surface area contributed by atoms with Gasteiger partial charge in [0.15, 0.2) is 21.4 Å². The van der Waals surface area contributed by atoms with Crippen molar-refractivity contribution in [2.24, 2.45) is 5.73 Å². The summed E-state index contributed by atoms with van der Waals surface area (Å²) in [5, 5.41) is 9.88. The van der Waals surface area contributed by atoms with Gasteiger partial charge in [-0.1, -0.05) is 12.5 Å². The Kier molecular flexibility index (Phi) is 3.11. The first kappa shape index (κ1) is 13.3. The molecule has 0 heterocycles. The molecule has 1 aliphatic rings. The van der Waals surface area contributed by atoms with Gasteiger partial charge in [0, 0.05) is 23.8 Å². The number of rotatable bonds is 3. The molecule has 0 saturated heterocycles. The minimum atomic E-state index is -3.68. The molecule has 0 atom stereocenters. The van der Waals surface area contributed by atoms with Gasteiger partial charge in [0.05, 0.1) is 0 Å². The summed E-state index contributed by atoms with van der Waals surface area (Å²) >= 11 is 0. The molecule has 0 spiro atoms. The number of phenols is 1. The van der Waals surface area contributed by atoms with E-state index in [9.17, 15) is 17.9 Å². The predicted octanol–water partition coefficient (Wildman–Crippen LogP) is 1.32. The fraction of sp³-hybridized carbons (Fsp3) is 0.500. The molecule has 100 valence electrons. The van der Waals surface area contributed by atoms with E-state index in [-0.39, 0.29) is 0 Å². The quantitative estimate of drug-likeness (QED) is 0.870. The van der Waals surface area contributed by atoms with E-state index in [2.05, 4.69) is 0 Å². The van der Waals surface area contributed by atoms with Crippen LogP contribution in [0.15, 0.2) is 17.0 Å². The molecule has 0 bridgehead atoms. The van der Waals surface area contributed by atoms with Crippen LogP contribution in [0.4, 0.5) is 4.39 Å². The van der Waals surface area contributed by atoms with Crippen LogP contribution in [-0.4, -0.2) is 26.3 Å². The Morgan fingerprint density at radius 3 is 2.44 bits per heavy atom. The topological polar surface area (TPSA) is 80.4 Å². The van der Waals surface area contributed by atoms with Crippen molar-refractivity contribution in [3.05, 3.63) is 23.5 Å². The van der Waals surface area contributed by atoms with Gasteiger partial charge in [-0.15, -0.1) is 0 Å². The fourth-order valence-electron chi connectivity index (χ4n) is 2.45. The molecular formula is C12H16FNO3S. The van der Waals surface area contributed by atoms with Gasteiger partial charge in [0.2, 0.25) is 0 Å². The molecule has 1 aromatic carbocycles. The Balaban J connectivity index is 2.58. The monoisotopic (exact) mass is 273 g/mol. The number of aromatic hydroxyl groups is 1. The highest BCUT2D eigenvalue weighted by Crippen LogP contribution is 2.47. The average molecular weight is 273 g/mol. The van der Waals surface area contributed by atoms with Crippen LogP contribution in [0.25, 0.3) is 0 Å². The normalized spacial score (nSPS) is 18.4. The Bertz CT molecular complexity index is 574. The molecule has 0 amide bonds. The molecule has 0 radical (unpaired) electrons. The Morgan fingerprint density at radius 1 is 1.44 bits per heavy atom. The lowest BCUT2D eigenvalue weighted by atomic mass is 9.64. The second-order valence-corrected chi connectivity index (χ2v) is 6.87. The van der Waals surface area contributed by atoms with E-state index in [1.54, 1.807) is 0 Å². The lowest BCUT2D eigenvalue weighted by molar-refractivity contribution is 0.242. The van der Waals surface area contributed by atoms with Crippen LogP contribution >= 0.6 is 0 Å². The Morgan fingerprint density at radius 2 is 2.06 bits per heavy atom. The minimum absolute atomic E-state index is 0.318. The number of hydrogen-bond acceptors (Lipinski definition) is 4. The first-order valence-electron chi connectivity index (χ1n) is 5.74. The molecule has 1 fully saturated rings. The van der Waals surface area contributed by atoms with E-state index in [0.29, 0.717) is 12.1 Å². The number of sulfone groups is 1. The van der Waals surface area contributed by atoms with Crippen LogP contribution in [0.3, 0.4) is 0 Å². The molecule has 2 rings (SSSR count). The van der Waals surface area contributed by atoms with E-state index in [4.69, 9.17) is 5.73 Å². The number of nitrogens with two attached hydrogens (primary N) is 1. The van der Waals surface area contributed by atoms with E-state index >= 15 is 0 Å². The highest BCUT2D eigenvalue weighted by atomic mass is 32.2. The first-order valence-corrected chi connectivity index (χ1v) is 7.63. The van der Waals surface area contributed by atoms with Gasteiger partial charge in [-0.25, -0.2) is 12.8 Å². The summed E-state index contributed by atoms with van der Waals surface area (Å²) in [6.45, 7) is 0.318. The van der Waals surface area contributed by atoms with E-state index in [0.717, 1.165) is 25.5 Å². The number of hydrogen-bond donors (Lipinski definition) is 2. The molecule has 1 saturated carbocycles. The van der Waals surface area contributed by atoms with Gasteiger partial charge in [-0.2, -0.15) is 0 Å². The molecular weight excluding hydrogens is 257 g/mol. The third-order valence-electron chi connectivity index (χ3n) is 3.75. The van der Waals surface area contributed by atoms with E-state index in [1.807, 2.05) is 0 Å². The summed E-state index contributed by atoms with van der Waals surface area (Å²) in [6, 6.07) is 2.68. The maximum Gasteiger partial charge on any atom is 0.183 e. The summed E-state index contributed by atoms with van der Waals surface area (Å²) in [5.74, 6) is -1.65. The highest BCUT2D eigenvalue weighted by molar-refractivity contribution is 7.90. The maximum atomic E-state index is 13.9. The molecule has 0 aromatic heterocycles. The Labute approximate surface area is 106 Å². The van der Waals surface area contributed by atoms with Crippen LogP contribution in [0, 0.1) is 5.82 Å². The van der Waals surface area contributed by atoms with E-state index in [1.165, 1.54) is 12.1 Å². The molecule has 0 unspecified atom stereocenters. The maximum absolute atomic E-state index is 13.9. The second-order valence-electron chi connectivity index (χ2n) is 4.88. The van der Waals surface area contributed by atoms with Crippen LogP contribution in [0.2, 0.25) is 0 Å². The van der Waals surface area contributed by atoms with E-state index < -0.39 is 31.7 Å². The summed E-state index contributed by atoms with van der Waals surface area (Å²) in [5.41, 5.74) is 5.71. The lowest BCUT2D eigenvalue weighted by Crippen LogP contribution is -2.41. The molecule has 1 aromatic rings. The van der Waals surface area contributed by atoms with Crippen molar-refractivity contribution in [2.75, 3.05) is 12.8 Å². The van der Waals surface area contributed by atoms with Gasteiger partial charge >= 0.3 is 0 Å². The Hall–Kier alpha value is -1.14. The zero-order chi connectivity index (χ0) is 13.6. The number of benzene rings is 1. The summed E-state index contributed by atoms with van der Waals surface area (Å²) in [6.07, 6.45) is 3.46. The van der Waals surface area contributed by atoms with Gasteiger partial charge in [0.25, 0.3) is 0 Å². The fourth-order valence-corrected chi connectivity index (χ4v) is 3.18. The lowest BCUT2D eigenvalue weighted by Gasteiger charge is -2.41. The first-order chi connectivity index (χ1) is 8.32. The zero-order valence-electron chi connectivity index (χ0n) is 10.1. The second kappa shape index (κ2) is 4.20. The van der Waals surface area contributed by atoms with Crippen molar-refractivity contribution in [1.82, 2.24) is 0 Å². The predicted molar refractivity (Wildman–Crippen MR) is 65.8 cm³/mol. The molecule has 0 aliphatic heterocycles. The van der Waals surface area contributed by atoms with Gasteiger partial charge in [-0.05, 0) is 18.9 Å². The van der Waals surface area contributed by atoms with Crippen molar-refractivity contribution in [3.63, 3.8) is 0 Å². The summed E-state index contributed by atoms with van der Waals surface area (Å²) in [4.78, 5) is -0.477. The average Bonchev–Trinajstić information content (AvgIpc) is 2.21. The van der Waals surface area contributed by atoms with Crippen LogP contribution in [0.5, 0.6) is 5.75 Å². The molecule has 4 nitrogen and oxygen atoms in total. The van der Waals surface area contributed by atoms with Crippen LogP contribution in [-0.2, 0) is 15.3 Å². The zero-order valence-corrected chi connectivity index (χ0v) is 10.9.